The summed E-state index contributed by atoms with van der Waals surface area (Å²) >= 11 is 0. The molecule has 1 aliphatic rings. The monoisotopic (exact) mass is 491 g/mol. The summed E-state index contributed by atoms with van der Waals surface area (Å²) in [5.74, 6) is -0.394. The molecule has 1 atom stereocenters. The molecule has 34 heavy (non-hydrogen) atoms. The van der Waals surface area contributed by atoms with Gasteiger partial charge in [-0.1, -0.05) is 0 Å². The Bertz CT molecular complexity index is 1490. The van der Waals surface area contributed by atoms with E-state index in [2.05, 4.69) is 25.8 Å². The molecule has 1 aliphatic heterocycles. The molecule has 1 unspecified atom stereocenters. The van der Waals surface area contributed by atoms with Crippen molar-refractivity contribution in [3.8, 4) is 17.0 Å². The van der Waals surface area contributed by atoms with Gasteiger partial charge < -0.3 is 20.5 Å². The fourth-order valence-electron chi connectivity index (χ4n) is 3.82. The summed E-state index contributed by atoms with van der Waals surface area (Å²) in [6.45, 7) is -2.99. The van der Waals surface area contributed by atoms with Gasteiger partial charge in [-0.3, -0.25) is 4.68 Å². The van der Waals surface area contributed by atoms with E-state index in [-0.39, 0.29) is 45.6 Å². The number of hydrogen-bond acceptors (Lipinski definition) is 9. The molecule has 3 aromatic heterocycles. The van der Waals surface area contributed by atoms with Crippen LogP contribution in [0.15, 0.2) is 47.9 Å². The third-order valence-electron chi connectivity index (χ3n) is 5.30. The standard InChI is InChI=1S/C20H19F2N7O4S/c1-28-10-14(26-19(30)12-9-25-29-5-2-3-24-18(12)29)17(27-28)11-7-16-13(8-15(11)33-20(21)22)23-4-6-34(16,31)32/h2-3,5,7-10,19-20,23,26,30H,4,6H2,1H3. The van der Waals surface area contributed by atoms with Crippen LogP contribution < -0.4 is 15.4 Å². The second-order valence-corrected chi connectivity index (χ2v) is 9.65. The third-order valence-corrected chi connectivity index (χ3v) is 7.05. The van der Waals surface area contributed by atoms with E-state index < -0.39 is 22.7 Å². The molecule has 11 nitrogen and oxygen atoms in total. The summed E-state index contributed by atoms with van der Waals surface area (Å²) in [5, 5.41) is 25.0. The minimum Gasteiger partial charge on any atom is -0.434 e. The van der Waals surface area contributed by atoms with Crippen molar-refractivity contribution in [1.29, 1.82) is 0 Å². The number of benzene rings is 1. The lowest BCUT2D eigenvalue weighted by atomic mass is 10.1. The number of aliphatic hydroxyl groups excluding tert-OH is 1. The zero-order valence-electron chi connectivity index (χ0n) is 17.7. The van der Waals surface area contributed by atoms with Gasteiger partial charge in [0, 0.05) is 43.8 Å². The van der Waals surface area contributed by atoms with Crippen LogP contribution in [0.25, 0.3) is 16.9 Å². The largest absolute Gasteiger partial charge is 0.434 e. The number of nitrogens with one attached hydrogen (secondary N) is 2. The smallest absolute Gasteiger partial charge is 0.387 e. The van der Waals surface area contributed by atoms with E-state index in [0.717, 1.165) is 0 Å². The molecular weight excluding hydrogens is 472 g/mol. The van der Waals surface area contributed by atoms with Gasteiger partial charge in [0.25, 0.3) is 0 Å². The van der Waals surface area contributed by atoms with Gasteiger partial charge in [0.05, 0.1) is 33.8 Å². The molecule has 0 aliphatic carbocycles. The quantitative estimate of drug-likeness (QED) is 0.346. The first kappa shape index (κ1) is 22.0. The van der Waals surface area contributed by atoms with E-state index in [9.17, 15) is 22.3 Å². The number of fused-ring (bicyclic) bond motifs is 2. The van der Waals surface area contributed by atoms with Crippen molar-refractivity contribution >= 4 is 26.9 Å². The first-order valence-corrected chi connectivity index (χ1v) is 11.7. The number of anilines is 2. The Hall–Kier alpha value is -3.78. The molecule has 0 fully saturated rings. The zero-order valence-corrected chi connectivity index (χ0v) is 18.5. The fraction of sp³-hybridized carbons (Fsp3) is 0.250. The summed E-state index contributed by atoms with van der Waals surface area (Å²) in [7, 11) is -2.04. The minimum atomic E-state index is -3.64. The van der Waals surface area contributed by atoms with Crippen LogP contribution in [-0.4, -0.2) is 56.8 Å². The van der Waals surface area contributed by atoms with Crippen molar-refractivity contribution in [3.05, 3.63) is 48.5 Å². The highest BCUT2D eigenvalue weighted by Gasteiger charge is 2.29. The predicted molar refractivity (Wildman–Crippen MR) is 117 cm³/mol. The SMILES string of the molecule is Cn1cc(NC(O)c2cnn3cccnc23)c(-c2cc3c(cc2OC(F)F)NCCS3(=O)=O)n1. The molecule has 178 valence electrons. The Labute approximate surface area is 191 Å². The molecular formula is C20H19F2N7O4S. The Morgan fingerprint density at radius 2 is 2.15 bits per heavy atom. The Morgan fingerprint density at radius 1 is 1.32 bits per heavy atom. The molecule has 5 rings (SSSR count). The van der Waals surface area contributed by atoms with Crippen LogP contribution in [0.1, 0.15) is 11.8 Å². The van der Waals surface area contributed by atoms with Crippen molar-refractivity contribution in [2.75, 3.05) is 22.9 Å². The summed E-state index contributed by atoms with van der Waals surface area (Å²) in [4.78, 5) is 4.16. The Kier molecular flexibility index (Phi) is 5.32. The van der Waals surface area contributed by atoms with Gasteiger partial charge in [-0.2, -0.15) is 19.0 Å². The van der Waals surface area contributed by atoms with Gasteiger partial charge in [-0.05, 0) is 12.1 Å². The minimum absolute atomic E-state index is 0.0274. The average molecular weight is 491 g/mol. The normalized spacial score (nSPS) is 15.7. The van der Waals surface area contributed by atoms with Gasteiger partial charge in [0.1, 0.15) is 11.4 Å². The van der Waals surface area contributed by atoms with E-state index in [1.807, 2.05) is 0 Å². The number of rotatable bonds is 6. The number of alkyl halides is 2. The first-order valence-electron chi connectivity index (χ1n) is 10.1. The van der Waals surface area contributed by atoms with Gasteiger partial charge in [0.15, 0.2) is 21.7 Å². The molecule has 4 aromatic rings. The van der Waals surface area contributed by atoms with Gasteiger partial charge in [0.2, 0.25) is 0 Å². The van der Waals surface area contributed by atoms with Crippen LogP contribution in [0.5, 0.6) is 5.75 Å². The number of aromatic nitrogens is 5. The zero-order chi connectivity index (χ0) is 24.0. The van der Waals surface area contributed by atoms with E-state index >= 15 is 0 Å². The number of nitrogens with zero attached hydrogens (tertiary/aromatic N) is 5. The molecule has 3 N–H and O–H groups in total. The maximum atomic E-state index is 13.2. The maximum absolute atomic E-state index is 13.2. The lowest BCUT2D eigenvalue weighted by Crippen LogP contribution is -2.23. The van der Waals surface area contributed by atoms with Crippen molar-refractivity contribution in [1.82, 2.24) is 24.4 Å². The van der Waals surface area contributed by atoms with Gasteiger partial charge in [-0.15, -0.1) is 0 Å². The van der Waals surface area contributed by atoms with E-state index in [0.29, 0.717) is 11.2 Å². The fourth-order valence-corrected chi connectivity index (χ4v) is 5.17. The molecule has 0 radical (unpaired) electrons. The van der Waals surface area contributed by atoms with Crippen molar-refractivity contribution < 1.29 is 27.0 Å². The number of hydrogen-bond donors (Lipinski definition) is 3. The van der Waals surface area contributed by atoms with Crippen molar-refractivity contribution in [2.45, 2.75) is 17.7 Å². The Morgan fingerprint density at radius 3 is 2.94 bits per heavy atom. The first-order chi connectivity index (χ1) is 16.2. The van der Waals surface area contributed by atoms with Crippen LogP contribution in [0.2, 0.25) is 0 Å². The van der Waals surface area contributed by atoms with Crippen molar-refractivity contribution in [3.63, 3.8) is 0 Å². The number of ether oxygens (including phenoxy) is 1. The molecule has 0 saturated heterocycles. The predicted octanol–water partition coefficient (Wildman–Crippen LogP) is 2.03. The number of aryl methyl sites for hydroxylation is 1. The second kappa shape index (κ2) is 8.22. The lowest BCUT2D eigenvalue weighted by Gasteiger charge is -2.21. The number of sulfone groups is 1. The van der Waals surface area contributed by atoms with Crippen LogP contribution in [0.3, 0.4) is 0 Å². The molecule has 1 aromatic carbocycles. The summed E-state index contributed by atoms with van der Waals surface area (Å²) in [6.07, 6.45) is 4.91. The van der Waals surface area contributed by atoms with Crippen molar-refractivity contribution in [2.24, 2.45) is 7.05 Å². The van der Waals surface area contributed by atoms with Crippen LogP contribution in [0.4, 0.5) is 20.2 Å². The van der Waals surface area contributed by atoms with Crippen LogP contribution in [0, 0.1) is 0 Å². The summed E-state index contributed by atoms with van der Waals surface area (Å²) in [5.41, 5.74) is 1.36. The van der Waals surface area contributed by atoms with Crippen LogP contribution >= 0.6 is 0 Å². The molecule has 0 spiro atoms. The van der Waals surface area contributed by atoms with E-state index in [4.69, 9.17) is 4.74 Å². The molecule has 0 bridgehead atoms. The molecule has 0 saturated carbocycles. The average Bonchev–Trinajstić information content (AvgIpc) is 3.36. The van der Waals surface area contributed by atoms with Gasteiger partial charge in [-0.25, -0.2) is 17.9 Å². The molecule has 0 amide bonds. The molecule has 4 heterocycles. The highest BCUT2D eigenvalue weighted by molar-refractivity contribution is 7.91. The van der Waals surface area contributed by atoms with Gasteiger partial charge >= 0.3 is 6.61 Å². The van der Waals surface area contributed by atoms with Crippen LogP contribution in [-0.2, 0) is 16.9 Å². The topological polar surface area (TPSA) is 136 Å². The lowest BCUT2D eigenvalue weighted by molar-refractivity contribution is -0.0494. The highest BCUT2D eigenvalue weighted by Crippen LogP contribution is 2.41. The number of aliphatic hydroxyl groups is 1. The maximum Gasteiger partial charge on any atom is 0.387 e. The second-order valence-electron chi connectivity index (χ2n) is 7.57. The molecule has 14 heteroatoms. The number of halogens is 2. The highest BCUT2D eigenvalue weighted by atomic mass is 32.2. The third kappa shape index (κ3) is 3.90. The summed E-state index contributed by atoms with van der Waals surface area (Å²) < 4.78 is 59.2. The van der Waals surface area contributed by atoms with E-state index in [1.54, 1.807) is 25.5 Å². The van der Waals surface area contributed by atoms with E-state index in [1.165, 1.54) is 33.7 Å². The summed E-state index contributed by atoms with van der Waals surface area (Å²) in [6, 6.07) is 4.16. The Balaban J connectivity index is 1.60.